The van der Waals surface area contributed by atoms with E-state index < -0.39 is 0 Å². The van der Waals surface area contributed by atoms with Crippen LogP contribution in [0.25, 0.3) is 10.9 Å². The highest BCUT2D eigenvalue weighted by Crippen LogP contribution is 2.34. The Kier molecular flexibility index (Phi) is 5.53. The number of carbonyl (C=O) groups is 1. The number of aromatic nitrogens is 1. The Morgan fingerprint density at radius 2 is 1.97 bits per heavy atom. The second kappa shape index (κ2) is 7.95. The lowest BCUT2D eigenvalue weighted by Gasteiger charge is -2.43. The van der Waals surface area contributed by atoms with Crippen LogP contribution in [0.15, 0.2) is 24.4 Å². The molecule has 2 amide bonds. The molecule has 2 unspecified atom stereocenters. The molecular weight excluding hydrogens is 369 g/mol. The molecule has 2 atom stereocenters. The lowest BCUT2D eigenvalue weighted by Crippen LogP contribution is -2.59. The van der Waals surface area contributed by atoms with Crippen LogP contribution in [-0.4, -0.2) is 65.2 Å². The zero-order valence-corrected chi connectivity index (χ0v) is 17.6. The minimum atomic E-state index is -0.217. The van der Waals surface area contributed by atoms with Crippen LogP contribution >= 0.6 is 0 Å². The summed E-state index contributed by atoms with van der Waals surface area (Å²) in [5, 5.41) is 7.69. The molecule has 7 heteroatoms. The summed E-state index contributed by atoms with van der Waals surface area (Å²) in [5.74, 6) is 0.215. The Hall–Kier alpha value is -2.12. The highest BCUT2D eigenvalue weighted by Gasteiger charge is 2.32. The van der Waals surface area contributed by atoms with Crippen molar-refractivity contribution in [3.63, 3.8) is 0 Å². The SMILES string of the molecule is CC(C)(C)NC(=O)N1CCN(C2CC(c3c[nH]c4ccc(F)cc34)CCN2)CC1. The number of piperidine rings is 1. The first-order chi connectivity index (χ1) is 13.8. The number of aromatic amines is 1. The van der Waals surface area contributed by atoms with Crippen LogP contribution in [0.2, 0.25) is 0 Å². The van der Waals surface area contributed by atoms with Gasteiger partial charge in [-0.25, -0.2) is 9.18 Å². The Morgan fingerprint density at radius 1 is 1.21 bits per heavy atom. The molecule has 2 saturated heterocycles. The number of halogens is 1. The van der Waals surface area contributed by atoms with E-state index in [0.29, 0.717) is 12.1 Å². The molecule has 3 heterocycles. The van der Waals surface area contributed by atoms with Crippen LogP contribution in [0.5, 0.6) is 0 Å². The van der Waals surface area contributed by atoms with Crippen molar-refractivity contribution >= 4 is 16.9 Å². The second-order valence-corrected chi connectivity index (χ2v) is 9.33. The van der Waals surface area contributed by atoms with Crippen LogP contribution in [0.1, 0.15) is 45.1 Å². The summed E-state index contributed by atoms with van der Waals surface area (Å²) in [6.07, 6.45) is 4.39. The van der Waals surface area contributed by atoms with E-state index in [0.717, 1.165) is 56.5 Å². The summed E-state index contributed by atoms with van der Waals surface area (Å²) in [7, 11) is 0. The van der Waals surface area contributed by atoms with Crippen LogP contribution < -0.4 is 10.6 Å². The number of carbonyl (C=O) groups excluding carboxylic acids is 1. The fourth-order valence-corrected chi connectivity index (χ4v) is 4.54. The van der Waals surface area contributed by atoms with Gasteiger partial charge in [0, 0.05) is 48.8 Å². The number of nitrogens with zero attached hydrogens (tertiary/aromatic N) is 2. The van der Waals surface area contributed by atoms with E-state index in [-0.39, 0.29) is 17.4 Å². The molecule has 1 aromatic carbocycles. The third-order valence-electron chi connectivity index (χ3n) is 6.02. The van der Waals surface area contributed by atoms with Crippen molar-refractivity contribution in [2.45, 2.75) is 51.2 Å². The Labute approximate surface area is 171 Å². The fraction of sp³-hybridized carbons (Fsp3) is 0.591. The van der Waals surface area contributed by atoms with E-state index in [9.17, 15) is 9.18 Å². The monoisotopic (exact) mass is 401 g/mol. The number of urea groups is 1. The highest BCUT2D eigenvalue weighted by atomic mass is 19.1. The molecule has 29 heavy (non-hydrogen) atoms. The van der Waals surface area contributed by atoms with E-state index in [1.54, 1.807) is 6.07 Å². The molecule has 2 aliphatic rings. The van der Waals surface area contributed by atoms with Crippen molar-refractivity contribution in [2.75, 3.05) is 32.7 Å². The molecule has 1 aromatic heterocycles. The lowest BCUT2D eigenvalue weighted by atomic mass is 9.88. The van der Waals surface area contributed by atoms with Gasteiger partial charge in [0.05, 0.1) is 6.17 Å². The number of rotatable bonds is 2. The number of hydrogen-bond donors (Lipinski definition) is 3. The van der Waals surface area contributed by atoms with Crippen LogP contribution in [0.4, 0.5) is 9.18 Å². The maximum absolute atomic E-state index is 13.8. The van der Waals surface area contributed by atoms with E-state index in [2.05, 4.69) is 20.5 Å². The summed E-state index contributed by atoms with van der Waals surface area (Å²) in [6.45, 7) is 10.2. The molecule has 0 saturated carbocycles. The lowest BCUT2D eigenvalue weighted by molar-refractivity contribution is 0.0736. The van der Waals surface area contributed by atoms with Crippen LogP contribution in [0.3, 0.4) is 0 Å². The van der Waals surface area contributed by atoms with Crippen molar-refractivity contribution in [3.05, 3.63) is 35.8 Å². The summed E-state index contributed by atoms with van der Waals surface area (Å²) >= 11 is 0. The smallest absolute Gasteiger partial charge is 0.317 e. The van der Waals surface area contributed by atoms with Crippen molar-refractivity contribution in [3.8, 4) is 0 Å². The van der Waals surface area contributed by atoms with Gasteiger partial charge < -0.3 is 20.5 Å². The second-order valence-electron chi connectivity index (χ2n) is 9.33. The predicted octanol–water partition coefficient (Wildman–Crippen LogP) is 3.23. The average molecular weight is 402 g/mol. The van der Waals surface area contributed by atoms with Crippen molar-refractivity contribution < 1.29 is 9.18 Å². The number of H-pyrrole nitrogens is 1. The van der Waals surface area contributed by atoms with Crippen LogP contribution in [0, 0.1) is 5.82 Å². The van der Waals surface area contributed by atoms with Gasteiger partial charge in [0.2, 0.25) is 0 Å². The largest absolute Gasteiger partial charge is 0.361 e. The number of benzene rings is 1. The van der Waals surface area contributed by atoms with E-state index in [1.807, 2.05) is 37.9 Å². The first-order valence-electron chi connectivity index (χ1n) is 10.6. The van der Waals surface area contributed by atoms with E-state index >= 15 is 0 Å². The number of hydrogen-bond acceptors (Lipinski definition) is 3. The third-order valence-corrected chi connectivity index (χ3v) is 6.02. The predicted molar refractivity (Wildman–Crippen MR) is 113 cm³/mol. The molecule has 2 aliphatic heterocycles. The van der Waals surface area contributed by atoms with Crippen molar-refractivity contribution in [2.24, 2.45) is 0 Å². The number of piperazine rings is 1. The minimum Gasteiger partial charge on any atom is -0.361 e. The Balaban J connectivity index is 1.38. The quantitative estimate of drug-likeness (QED) is 0.724. The number of fused-ring (bicyclic) bond motifs is 1. The highest BCUT2D eigenvalue weighted by molar-refractivity contribution is 5.83. The van der Waals surface area contributed by atoms with Gasteiger partial charge in [0.1, 0.15) is 5.82 Å². The van der Waals surface area contributed by atoms with Gasteiger partial charge in [-0.1, -0.05) is 0 Å². The maximum Gasteiger partial charge on any atom is 0.317 e. The normalized spacial score (nSPS) is 24.1. The Bertz CT molecular complexity index is 866. The van der Waals surface area contributed by atoms with Gasteiger partial charge in [-0.15, -0.1) is 0 Å². The van der Waals surface area contributed by atoms with Gasteiger partial charge in [0.15, 0.2) is 0 Å². The summed E-state index contributed by atoms with van der Waals surface area (Å²) in [5.41, 5.74) is 2.00. The third kappa shape index (κ3) is 4.56. The first kappa shape index (κ1) is 20.2. The molecule has 0 bridgehead atoms. The molecule has 158 valence electrons. The molecule has 0 spiro atoms. The first-order valence-corrected chi connectivity index (χ1v) is 10.6. The molecule has 6 nitrogen and oxygen atoms in total. The molecule has 3 N–H and O–H groups in total. The van der Waals surface area contributed by atoms with Gasteiger partial charge in [-0.05, 0) is 69.8 Å². The fourth-order valence-electron chi connectivity index (χ4n) is 4.54. The van der Waals surface area contributed by atoms with Crippen molar-refractivity contribution in [1.82, 2.24) is 25.4 Å². The van der Waals surface area contributed by atoms with Gasteiger partial charge in [-0.2, -0.15) is 0 Å². The number of nitrogens with one attached hydrogen (secondary N) is 3. The van der Waals surface area contributed by atoms with Crippen LogP contribution in [-0.2, 0) is 0 Å². The summed E-state index contributed by atoms with van der Waals surface area (Å²) < 4.78 is 13.8. The van der Waals surface area contributed by atoms with E-state index in [4.69, 9.17) is 0 Å². The standard InChI is InChI=1S/C22H32FN5O/c1-22(2,3)26-21(29)28-10-8-27(9-11-28)20-12-15(6-7-24-20)18-14-25-19-5-4-16(23)13-17(18)19/h4-5,13-15,20,24-25H,6-12H2,1-3H3,(H,26,29). The molecule has 0 aliphatic carbocycles. The zero-order chi connectivity index (χ0) is 20.6. The van der Waals surface area contributed by atoms with Crippen molar-refractivity contribution in [1.29, 1.82) is 0 Å². The van der Waals surface area contributed by atoms with Gasteiger partial charge >= 0.3 is 6.03 Å². The molecular formula is C22H32FN5O. The topological polar surface area (TPSA) is 63.4 Å². The average Bonchev–Trinajstić information content (AvgIpc) is 3.10. The zero-order valence-electron chi connectivity index (χ0n) is 17.6. The molecule has 2 fully saturated rings. The number of amides is 2. The molecule has 0 radical (unpaired) electrons. The maximum atomic E-state index is 13.8. The molecule has 2 aromatic rings. The minimum absolute atomic E-state index is 0.0208. The van der Waals surface area contributed by atoms with Gasteiger partial charge in [0.25, 0.3) is 0 Å². The summed E-state index contributed by atoms with van der Waals surface area (Å²) in [6, 6.07) is 4.98. The Morgan fingerprint density at radius 3 is 2.69 bits per heavy atom. The van der Waals surface area contributed by atoms with E-state index in [1.165, 1.54) is 11.6 Å². The molecule has 4 rings (SSSR count). The van der Waals surface area contributed by atoms with Gasteiger partial charge in [-0.3, -0.25) is 4.90 Å². The summed E-state index contributed by atoms with van der Waals surface area (Å²) in [4.78, 5) is 20.0.